The van der Waals surface area contributed by atoms with Crippen molar-refractivity contribution in [3.8, 4) is 0 Å². The number of hydrogen-bond donors (Lipinski definition) is 3. The van der Waals surface area contributed by atoms with E-state index in [2.05, 4.69) is 14.5 Å². The van der Waals surface area contributed by atoms with Gasteiger partial charge in [0.25, 0.3) is 10.2 Å². The molecule has 8 nitrogen and oxygen atoms in total. The van der Waals surface area contributed by atoms with Crippen molar-refractivity contribution in [3.05, 3.63) is 6.20 Å². The predicted molar refractivity (Wildman–Crippen MR) is 60.0 cm³/mol. The van der Waals surface area contributed by atoms with E-state index in [1.165, 1.54) is 18.0 Å². The van der Waals surface area contributed by atoms with Gasteiger partial charge in [-0.25, -0.2) is 0 Å². The summed E-state index contributed by atoms with van der Waals surface area (Å²) in [4.78, 5) is 0. The van der Waals surface area contributed by atoms with Gasteiger partial charge in [0.05, 0.1) is 18.5 Å². The van der Waals surface area contributed by atoms with Crippen molar-refractivity contribution in [2.24, 2.45) is 7.05 Å². The number of hydrogen-bond acceptors (Lipinski definition) is 5. The number of methoxy groups -OCH3 is 1. The van der Waals surface area contributed by atoms with Gasteiger partial charge in [0.1, 0.15) is 0 Å². The smallest absolute Gasteiger partial charge is 0.300 e. The van der Waals surface area contributed by atoms with Crippen LogP contribution in [0.1, 0.15) is 0 Å². The summed E-state index contributed by atoms with van der Waals surface area (Å²) in [5.41, 5.74) is 5.80. The molecule has 92 valence electrons. The number of anilines is 2. The first-order valence-corrected chi connectivity index (χ1v) is 5.98. The summed E-state index contributed by atoms with van der Waals surface area (Å²) < 4.78 is 33.6. The van der Waals surface area contributed by atoms with E-state index in [-0.39, 0.29) is 18.1 Å². The van der Waals surface area contributed by atoms with Crippen LogP contribution in [0.2, 0.25) is 0 Å². The lowest BCUT2D eigenvalue weighted by Gasteiger charge is -2.09. The van der Waals surface area contributed by atoms with Gasteiger partial charge in [-0.3, -0.25) is 9.40 Å². The lowest BCUT2D eigenvalue weighted by atomic mass is 10.5. The Labute approximate surface area is 93.9 Å². The molecule has 1 aromatic rings. The number of nitrogens with zero attached hydrogens (tertiary/aromatic N) is 2. The molecule has 1 heterocycles. The highest BCUT2D eigenvalue weighted by Gasteiger charge is 2.14. The van der Waals surface area contributed by atoms with Gasteiger partial charge in [-0.2, -0.15) is 18.2 Å². The number of nitrogens with one attached hydrogen (secondary N) is 2. The van der Waals surface area contributed by atoms with Gasteiger partial charge in [-0.1, -0.05) is 0 Å². The highest BCUT2D eigenvalue weighted by molar-refractivity contribution is 7.90. The fraction of sp³-hybridized carbons (Fsp3) is 0.571. The van der Waals surface area contributed by atoms with Gasteiger partial charge in [0, 0.05) is 20.7 Å². The fourth-order valence-electron chi connectivity index (χ4n) is 1.02. The van der Waals surface area contributed by atoms with Crippen molar-refractivity contribution >= 4 is 21.7 Å². The number of rotatable bonds is 6. The lowest BCUT2D eigenvalue weighted by Crippen LogP contribution is -2.33. The third kappa shape index (κ3) is 3.36. The largest absolute Gasteiger partial charge is 0.394 e. The maximum absolute atomic E-state index is 11.5. The predicted octanol–water partition coefficient (Wildman–Crippen LogP) is -1.10. The number of nitrogen functional groups attached to an aromatic ring is 1. The third-order valence-corrected chi connectivity index (χ3v) is 2.84. The molecule has 16 heavy (non-hydrogen) atoms. The van der Waals surface area contributed by atoms with Crippen molar-refractivity contribution in [2.75, 3.05) is 30.7 Å². The first-order valence-electron chi connectivity index (χ1n) is 4.50. The molecule has 0 fully saturated rings. The lowest BCUT2D eigenvalue weighted by molar-refractivity contribution is 0.204. The SMILES string of the molecule is COCCNS(=O)(=O)Nc1c(N)cnn1C. The van der Waals surface area contributed by atoms with E-state index in [4.69, 9.17) is 10.5 Å². The quantitative estimate of drug-likeness (QED) is 0.554. The molecule has 0 radical (unpaired) electrons. The van der Waals surface area contributed by atoms with Gasteiger partial charge in [-0.05, 0) is 0 Å². The second kappa shape index (κ2) is 5.14. The van der Waals surface area contributed by atoms with Crippen LogP contribution < -0.4 is 15.2 Å². The van der Waals surface area contributed by atoms with Crippen molar-refractivity contribution < 1.29 is 13.2 Å². The minimum atomic E-state index is -3.64. The molecule has 0 aromatic carbocycles. The molecule has 0 amide bonds. The molecular weight excluding hydrogens is 234 g/mol. The van der Waals surface area contributed by atoms with Gasteiger partial charge in [0.2, 0.25) is 0 Å². The Morgan fingerprint density at radius 2 is 2.31 bits per heavy atom. The Morgan fingerprint density at radius 1 is 1.62 bits per heavy atom. The van der Waals surface area contributed by atoms with Crippen LogP contribution in [0.5, 0.6) is 0 Å². The van der Waals surface area contributed by atoms with Crippen molar-refractivity contribution in [1.29, 1.82) is 0 Å². The molecule has 0 aliphatic rings. The Bertz CT molecular complexity index is 421. The van der Waals surface area contributed by atoms with Crippen molar-refractivity contribution in [2.45, 2.75) is 0 Å². The maximum atomic E-state index is 11.5. The van der Waals surface area contributed by atoms with Gasteiger partial charge in [-0.15, -0.1) is 0 Å². The van der Waals surface area contributed by atoms with E-state index in [1.54, 1.807) is 7.05 Å². The van der Waals surface area contributed by atoms with Crippen molar-refractivity contribution in [1.82, 2.24) is 14.5 Å². The first-order chi connectivity index (χ1) is 7.46. The molecule has 0 spiro atoms. The second-order valence-electron chi connectivity index (χ2n) is 3.06. The van der Waals surface area contributed by atoms with Crippen LogP contribution in [0.15, 0.2) is 6.20 Å². The van der Waals surface area contributed by atoms with Crippen LogP contribution in [-0.4, -0.2) is 38.5 Å². The van der Waals surface area contributed by atoms with Crippen LogP contribution in [0.4, 0.5) is 11.5 Å². The zero-order valence-corrected chi connectivity index (χ0v) is 9.91. The van der Waals surface area contributed by atoms with Crippen LogP contribution >= 0.6 is 0 Å². The zero-order valence-electron chi connectivity index (χ0n) is 9.10. The van der Waals surface area contributed by atoms with Crippen LogP contribution in [-0.2, 0) is 22.0 Å². The summed E-state index contributed by atoms with van der Waals surface area (Å²) in [6.45, 7) is 0.478. The number of ether oxygens (including phenoxy) is 1. The number of aromatic nitrogens is 2. The topological polar surface area (TPSA) is 111 Å². The number of nitrogens with two attached hydrogens (primary N) is 1. The van der Waals surface area contributed by atoms with Crippen LogP contribution in [0.25, 0.3) is 0 Å². The molecule has 1 rings (SSSR count). The molecule has 1 aromatic heterocycles. The highest BCUT2D eigenvalue weighted by atomic mass is 32.2. The zero-order chi connectivity index (χ0) is 12.2. The van der Waals surface area contributed by atoms with E-state index >= 15 is 0 Å². The first kappa shape index (κ1) is 12.7. The second-order valence-corrected chi connectivity index (χ2v) is 4.56. The van der Waals surface area contributed by atoms with E-state index in [0.717, 1.165) is 0 Å². The van der Waals surface area contributed by atoms with Gasteiger partial charge >= 0.3 is 0 Å². The number of aryl methyl sites for hydroxylation is 1. The molecule has 0 saturated heterocycles. The molecular formula is C7H15N5O3S. The molecule has 9 heteroatoms. The monoisotopic (exact) mass is 249 g/mol. The summed E-state index contributed by atoms with van der Waals surface area (Å²) in [5.74, 6) is 0.227. The van der Waals surface area contributed by atoms with Gasteiger partial charge < -0.3 is 10.5 Å². The average Bonchev–Trinajstić information content (AvgIpc) is 2.49. The van der Waals surface area contributed by atoms with Crippen LogP contribution in [0.3, 0.4) is 0 Å². The summed E-state index contributed by atoms with van der Waals surface area (Å²) in [5, 5.41) is 3.81. The average molecular weight is 249 g/mol. The molecule has 0 unspecified atom stereocenters. The molecule has 0 atom stereocenters. The minimum Gasteiger partial charge on any atom is -0.394 e. The Kier molecular flexibility index (Phi) is 4.10. The standard InChI is InChI=1S/C7H15N5O3S/c1-12-7(6(8)5-9-12)11-16(13,14)10-3-4-15-2/h5,10-11H,3-4,8H2,1-2H3. The Morgan fingerprint density at radius 3 is 2.81 bits per heavy atom. The maximum Gasteiger partial charge on any atom is 0.300 e. The molecule has 4 N–H and O–H groups in total. The van der Waals surface area contributed by atoms with E-state index in [0.29, 0.717) is 6.61 Å². The van der Waals surface area contributed by atoms with Crippen LogP contribution in [0, 0.1) is 0 Å². The Balaban J connectivity index is 2.66. The third-order valence-electron chi connectivity index (χ3n) is 1.80. The molecule has 0 saturated carbocycles. The summed E-state index contributed by atoms with van der Waals surface area (Å²) in [6.07, 6.45) is 1.37. The molecule has 0 bridgehead atoms. The normalized spacial score (nSPS) is 11.6. The molecule has 0 aliphatic carbocycles. The van der Waals surface area contributed by atoms with Gasteiger partial charge in [0.15, 0.2) is 5.82 Å². The van der Waals surface area contributed by atoms with Crippen molar-refractivity contribution in [3.63, 3.8) is 0 Å². The Hall–Kier alpha value is -1.32. The minimum absolute atomic E-state index is 0.184. The molecule has 0 aliphatic heterocycles. The summed E-state index contributed by atoms with van der Waals surface area (Å²) >= 11 is 0. The highest BCUT2D eigenvalue weighted by Crippen LogP contribution is 2.16. The fourth-order valence-corrected chi connectivity index (χ4v) is 1.95. The van der Waals surface area contributed by atoms with E-state index < -0.39 is 10.2 Å². The van der Waals surface area contributed by atoms with E-state index in [9.17, 15) is 8.42 Å². The summed E-state index contributed by atoms with van der Waals surface area (Å²) in [6, 6.07) is 0. The van der Waals surface area contributed by atoms with E-state index in [1.807, 2.05) is 0 Å². The summed E-state index contributed by atoms with van der Waals surface area (Å²) in [7, 11) is -0.569.